The van der Waals surface area contributed by atoms with E-state index in [4.69, 9.17) is 0 Å². The Morgan fingerprint density at radius 3 is 2.94 bits per heavy atom. The molecular formula is C13H18F2N2. The van der Waals surface area contributed by atoms with Gasteiger partial charge in [0.15, 0.2) is 11.6 Å². The van der Waals surface area contributed by atoms with Crippen LogP contribution >= 0.6 is 0 Å². The smallest absolute Gasteiger partial charge is 0.163 e. The Hall–Kier alpha value is -1.00. The van der Waals surface area contributed by atoms with Crippen molar-refractivity contribution in [3.8, 4) is 0 Å². The lowest BCUT2D eigenvalue weighted by Gasteiger charge is -2.31. The fourth-order valence-corrected chi connectivity index (χ4v) is 2.28. The van der Waals surface area contributed by atoms with Crippen molar-refractivity contribution in [2.24, 2.45) is 0 Å². The number of nitrogens with one attached hydrogen (secondary N) is 1. The summed E-state index contributed by atoms with van der Waals surface area (Å²) in [5.41, 5.74) is 0.429. The summed E-state index contributed by atoms with van der Waals surface area (Å²) in [6.45, 7) is 2.43. The molecule has 1 N–H and O–H groups in total. The minimum absolute atomic E-state index is 0.409. The van der Waals surface area contributed by atoms with Gasteiger partial charge in [0, 0.05) is 24.7 Å². The van der Waals surface area contributed by atoms with E-state index >= 15 is 0 Å². The Morgan fingerprint density at radius 2 is 2.24 bits per heavy atom. The third kappa shape index (κ3) is 3.01. The summed E-state index contributed by atoms with van der Waals surface area (Å²) in [6, 6.07) is 4.76. The molecule has 1 unspecified atom stereocenters. The quantitative estimate of drug-likeness (QED) is 0.871. The van der Waals surface area contributed by atoms with Gasteiger partial charge in [0.2, 0.25) is 0 Å². The van der Waals surface area contributed by atoms with Crippen LogP contribution in [0.2, 0.25) is 0 Å². The summed E-state index contributed by atoms with van der Waals surface area (Å²) >= 11 is 0. The zero-order valence-corrected chi connectivity index (χ0v) is 10.0. The van der Waals surface area contributed by atoms with E-state index < -0.39 is 11.6 Å². The molecule has 1 aromatic rings. The number of rotatable bonds is 3. The van der Waals surface area contributed by atoms with Gasteiger partial charge in [0.1, 0.15) is 0 Å². The van der Waals surface area contributed by atoms with E-state index in [0.29, 0.717) is 18.2 Å². The average molecular weight is 240 g/mol. The van der Waals surface area contributed by atoms with Crippen molar-refractivity contribution in [3.05, 3.63) is 35.4 Å². The fraction of sp³-hybridized carbons (Fsp3) is 0.538. The second-order valence-corrected chi connectivity index (χ2v) is 4.63. The number of hydrogen-bond acceptors (Lipinski definition) is 2. The van der Waals surface area contributed by atoms with E-state index in [0.717, 1.165) is 32.0 Å². The molecule has 0 bridgehead atoms. The number of likely N-dealkylation sites (N-methyl/N-ethyl adjacent to an activating group) is 1. The van der Waals surface area contributed by atoms with Gasteiger partial charge >= 0.3 is 0 Å². The molecule has 1 saturated heterocycles. The Bertz CT molecular complexity index is 376. The first-order valence-corrected chi connectivity index (χ1v) is 6.02. The highest BCUT2D eigenvalue weighted by Crippen LogP contribution is 2.16. The lowest BCUT2D eigenvalue weighted by atomic mass is 10.1. The molecule has 0 aromatic heterocycles. The van der Waals surface area contributed by atoms with Crippen LogP contribution in [0.3, 0.4) is 0 Å². The summed E-state index contributed by atoms with van der Waals surface area (Å²) in [7, 11) is 1.96. The van der Waals surface area contributed by atoms with E-state index in [1.165, 1.54) is 0 Å². The van der Waals surface area contributed by atoms with Crippen LogP contribution in [-0.2, 0) is 6.54 Å². The third-order valence-electron chi connectivity index (χ3n) is 3.35. The Kier molecular flexibility index (Phi) is 4.07. The highest BCUT2D eigenvalue weighted by atomic mass is 19.2. The molecule has 1 aliphatic rings. The van der Waals surface area contributed by atoms with Gasteiger partial charge in [-0.05, 0) is 32.5 Å². The molecule has 0 aliphatic carbocycles. The lowest BCUT2D eigenvalue weighted by Crippen LogP contribution is -2.43. The lowest BCUT2D eigenvalue weighted by molar-refractivity contribution is 0.193. The van der Waals surface area contributed by atoms with Crippen LogP contribution in [0.25, 0.3) is 0 Å². The second kappa shape index (κ2) is 5.56. The summed E-state index contributed by atoms with van der Waals surface area (Å²) < 4.78 is 26.6. The maximum Gasteiger partial charge on any atom is 0.163 e. The highest BCUT2D eigenvalue weighted by molar-refractivity contribution is 5.18. The zero-order chi connectivity index (χ0) is 12.3. The van der Waals surface area contributed by atoms with Crippen molar-refractivity contribution in [2.75, 3.05) is 20.1 Å². The van der Waals surface area contributed by atoms with Gasteiger partial charge < -0.3 is 5.32 Å². The second-order valence-electron chi connectivity index (χ2n) is 4.63. The number of benzene rings is 1. The van der Waals surface area contributed by atoms with Gasteiger partial charge in [0.05, 0.1) is 0 Å². The van der Waals surface area contributed by atoms with Gasteiger partial charge in [-0.3, -0.25) is 4.90 Å². The van der Waals surface area contributed by atoms with Crippen LogP contribution in [0, 0.1) is 11.6 Å². The van der Waals surface area contributed by atoms with Crippen molar-refractivity contribution >= 4 is 0 Å². The Morgan fingerprint density at radius 1 is 1.41 bits per heavy atom. The molecule has 17 heavy (non-hydrogen) atoms. The first-order chi connectivity index (χ1) is 8.18. The van der Waals surface area contributed by atoms with Gasteiger partial charge in [-0.15, -0.1) is 0 Å². The SMILES string of the molecule is CN(Cc1cccc(F)c1F)C1CCCNC1. The largest absolute Gasteiger partial charge is 0.315 e. The van der Waals surface area contributed by atoms with E-state index in [9.17, 15) is 8.78 Å². The van der Waals surface area contributed by atoms with Crippen molar-refractivity contribution in [2.45, 2.75) is 25.4 Å². The first kappa shape index (κ1) is 12.5. The fourth-order valence-electron chi connectivity index (χ4n) is 2.28. The normalized spacial score (nSPS) is 20.8. The van der Waals surface area contributed by atoms with Crippen LogP contribution in [0.4, 0.5) is 8.78 Å². The predicted octanol–water partition coefficient (Wildman–Crippen LogP) is 2.15. The van der Waals surface area contributed by atoms with Crippen LogP contribution in [0.1, 0.15) is 18.4 Å². The minimum Gasteiger partial charge on any atom is -0.315 e. The monoisotopic (exact) mass is 240 g/mol. The molecule has 1 aliphatic heterocycles. The van der Waals surface area contributed by atoms with Gasteiger partial charge in [0.25, 0.3) is 0 Å². The van der Waals surface area contributed by atoms with Crippen molar-refractivity contribution in [1.82, 2.24) is 10.2 Å². The van der Waals surface area contributed by atoms with Gasteiger partial charge in [-0.1, -0.05) is 12.1 Å². The topological polar surface area (TPSA) is 15.3 Å². The molecule has 1 atom stereocenters. The number of halogens is 2. The van der Waals surface area contributed by atoms with E-state index in [2.05, 4.69) is 10.2 Å². The molecule has 1 fully saturated rings. The summed E-state index contributed by atoms with van der Waals surface area (Å²) in [5, 5.41) is 3.32. The highest BCUT2D eigenvalue weighted by Gasteiger charge is 2.19. The first-order valence-electron chi connectivity index (χ1n) is 6.02. The summed E-state index contributed by atoms with van der Waals surface area (Å²) in [6.07, 6.45) is 2.25. The minimum atomic E-state index is -0.766. The molecule has 0 saturated carbocycles. The van der Waals surface area contributed by atoms with Crippen molar-refractivity contribution in [1.29, 1.82) is 0 Å². The van der Waals surface area contributed by atoms with Crippen molar-refractivity contribution in [3.63, 3.8) is 0 Å². The molecule has 1 aromatic carbocycles. The standard InChI is InChI=1S/C13H18F2N2/c1-17(11-5-3-7-16-8-11)9-10-4-2-6-12(14)13(10)15/h2,4,6,11,16H,3,5,7-9H2,1H3. The van der Waals surface area contributed by atoms with Crippen LogP contribution < -0.4 is 5.32 Å². The molecule has 0 spiro atoms. The molecule has 2 rings (SSSR count). The zero-order valence-electron chi connectivity index (χ0n) is 10.0. The molecule has 0 radical (unpaired) electrons. The van der Waals surface area contributed by atoms with Crippen LogP contribution in [0.15, 0.2) is 18.2 Å². The number of piperidine rings is 1. The predicted molar refractivity (Wildman–Crippen MR) is 63.7 cm³/mol. The molecule has 94 valence electrons. The van der Waals surface area contributed by atoms with E-state index in [1.54, 1.807) is 12.1 Å². The molecular weight excluding hydrogens is 222 g/mol. The van der Waals surface area contributed by atoms with Gasteiger partial charge in [-0.25, -0.2) is 8.78 Å². The molecule has 1 heterocycles. The van der Waals surface area contributed by atoms with Crippen molar-refractivity contribution < 1.29 is 8.78 Å². The number of hydrogen-bond donors (Lipinski definition) is 1. The average Bonchev–Trinajstić information content (AvgIpc) is 2.36. The van der Waals surface area contributed by atoms with E-state index in [1.807, 2.05) is 7.05 Å². The van der Waals surface area contributed by atoms with Crippen LogP contribution in [0.5, 0.6) is 0 Å². The maximum absolute atomic E-state index is 13.5. The maximum atomic E-state index is 13.5. The summed E-state index contributed by atoms with van der Waals surface area (Å²) in [4.78, 5) is 2.09. The van der Waals surface area contributed by atoms with E-state index in [-0.39, 0.29) is 0 Å². The van der Waals surface area contributed by atoms with Gasteiger partial charge in [-0.2, -0.15) is 0 Å². The van der Waals surface area contributed by atoms with Crippen LogP contribution in [-0.4, -0.2) is 31.1 Å². The Balaban J connectivity index is 2.01. The Labute approximate surface area is 101 Å². The molecule has 4 heteroatoms. The number of nitrogens with zero attached hydrogens (tertiary/aromatic N) is 1. The summed E-state index contributed by atoms with van der Waals surface area (Å²) in [5.74, 6) is -1.49. The molecule has 2 nitrogen and oxygen atoms in total. The molecule has 0 amide bonds. The third-order valence-corrected chi connectivity index (χ3v) is 3.35.